The summed E-state index contributed by atoms with van der Waals surface area (Å²) in [5, 5.41) is 2.43. The van der Waals surface area contributed by atoms with Gasteiger partial charge in [0.25, 0.3) is 8.32 Å². The standard InChI is InChI=1S/C31H42O5Si/c1-23-16-18-31(35-28(23)20-24-21-33-24)19-17-27(32-5)29(36-31)22-34-37(30(2,3)4,25-12-8-6-9-13-25)26-14-10-7-11-15-26/h6-16,18,23-24,27-29H,17,19-22H2,1-5H3/t23-,24+,27-,28+,29+,31-/m0/s1. The molecule has 0 aliphatic carbocycles. The van der Waals surface area contributed by atoms with Crippen molar-refractivity contribution in [1.29, 1.82) is 0 Å². The smallest absolute Gasteiger partial charge is 0.261 e. The topological polar surface area (TPSA) is 49.5 Å². The first kappa shape index (κ1) is 26.8. The van der Waals surface area contributed by atoms with Crippen LogP contribution in [0, 0.1) is 5.92 Å². The molecule has 5 nitrogen and oxygen atoms in total. The lowest BCUT2D eigenvalue weighted by Crippen LogP contribution is -2.67. The molecular formula is C31H42O5Si. The van der Waals surface area contributed by atoms with Crippen LogP contribution in [0.4, 0.5) is 0 Å². The van der Waals surface area contributed by atoms with Crippen molar-refractivity contribution in [1.82, 2.24) is 0 Å². The van der Waals surface area contributed by atoms with Gasteiger partial charge in [0.1, 0.15) is 6.10 Å². The lowest BCUT2D eigenvalue weighted by atomic mass is 9.91. The third kappa shape index (κ3) is 5.51. The van der Waals surface area contributed by atoms with Gasteiger partial charge in [0.05, 0.1) is 31.5 Å². The summed E-state index contributed by atoms with van der Waals surface area (Å²) in [4.78, 5) is 0. The van der Waals surface area contributed by atoms with E-state index in [0.717, 1.165) is 25.9 Å². The van der Waals surface area contributed by atoms with Crippen LogP contribution in [0.3, 0.4) is 0 Å². The first-order valence-corrected chi connectivity index (χ1v) is 15.6. The summed E-state index contributed by atoms with van der Waals surface area (Å²) in [5.41, 5.74) is 0. The predicted octanol–water partition coefficient (Wildman–Crippen LogP) is 4.83. The molecule has 200 valence electrons. The van der Waals surface area contributed by atoms with Crippen molar-refractivity contribution in [2.24, 2.45) is 5.92 Å². The maximum absolute atomic E-state index is 7.23. The largest absolute Gasteiger partial charge is 0.405 e. The minimum Gasteiger partial charge on any atom is -0.405 e. The molecule has 37 heavy (non-hydrogen) atoms. The van der Waals surface area contributed by atoms with Gasteiger partial charge in [-0.2, -0.15) is 0 Å². The van der Waals surface area contributed by atoms with Crippen LogP contribution in [0.1, 0.15) is 47.0 Å². The molecule has 0 aromatic heterocycles. The fraction of sp³-hybridized carbons (Fsp3) is 0.548. The average Bonchev–Trinajstić information content (AvgIpc) is 3.72. The number of benzene rings is 2. The van der Waals surface area contributed by atoms with Gasteiger partial charge in [-0.1, -0.05) is 94.4 Å². The van der Waals surface area contributed by atoms with Gasteiger partial charge < -0.3 is 23.4 Å². The molecule has 6 heteroatoms. The molecule has 0 saturated carbocycles. The molecule has 0 bridgehead atoms. The molecule has 2 saturated heterocycles. The summed E-state index contributed by atoms with van der Waals surface area (Å²) in [7, 11) is -0.913. The molecule has 0 N–H and O–H groups in total. The zero-order valence-electron chi connectivity index (χ0n) is 22.9. The number of ether oxygens (including phenoxy) is 4. The second kappa shape index (κ2) is 10.8. The zero-order valence-corrected chi connectivity index (χ0v) is 23.9. The monoisotopic (exact) mass is 522 g/mol. The number of methoxy groups -OCH3 is 1. The van der Waals surface area contributed by atoms with Gasteiger partial charge in [-0.3, -0.25) is 0 Å². The Kier molecular flexibility index (Phi) is 7.79. The lowest BCUT2D eigenvalue weighted by Gasteiger charge is -2.48. The quantitative estimate of drug-likeness (QED) is 0.282. The summed E-state index contributed by atoms with van der Waals surface area (Å²) in [5.74, 6) is -0.397. The molecule has 0 unspecified atom stereocenters. The highest BCUT2D eigenvalue weighted by molar-refractivity contribution is 6.99. The first-order chi connectivity index (χ1) is 17.8. The van der Waals surface area contributed by atoms with E-state index in [0.29, 0.717) is 18.6 Å². The van der Waals surface area contributed by atoms with E-state index < -0.39 is 14.1 Å². The Bertz CT molecular complexity index is 1010. The van der Waals surface area contributed by atoms with Crippen LogP contribution in [0.25, 0.3) is 0 Å². The second-order valence-electron chi connectivity index (χ2n) is 11.8. The summed E-state index contributed by atoms with van der Waals surface area (Å²) < 4.78 is 32.1. The highest BCUT2D eigenvalue weighted by Gasteiger charge is 2.52. The first-order valence-electron chi connectivity index (χ1n) is 13.7. The maximum Gasteiger partial charge on any atom is 0.261 e. The summed E-state index contributed by atoms with van der Waals surface area (Å²) >= 11 is 0. The number of rotatable bonds is 8. The van der Waals surface area contributed by atoms with Gasteiger partial charge in [-0.05, 0) is 27.9 Å². The molecule has 2 fully saturated rings. The van der Waals surface area contributed by atoms with Crippen molar-refractivity contribution < 1.29 is 23.4 Å². The molecule has 3 aliphatic heterocycles. The minimum absolute atomic E-state index is 0.0506. The van der Waals surface area contributed by atoms with E-state index in [1.165, 1.54) is 10.4 Å². The fourth-order valence-corrected chi connectivity index (χ4v) is 10.6. The van der Waals surface area contributed by atoms with Crippen LogP contribution < -0.4 is 10.4 Å². The van der Waals surface area contributed by atoms with E-state index in [9.17, 15) is 0 Å². The van der Waals surface area contributed by atoms with Gasteiger partial charge >= 0.3 is 0 Å². The van der Waals surface area contributed by atoms with E-state index >= 15 is 0 Å². The van der Waals surface area contributed by atoms with E-state index in [-0.39, 0.29) is 23.4 Å². The van der Waals surface area contributed by atoms with Gasteiger partial charge in [0, 0.05) is 25.9 Å². The summed E-state index contributed by atoms with van der Waals surface area (Å²) in [6, 6.07) is 21.5. The lowest BCUT2D eigenvalue weighted by molar-refractivity contribution is -0.303. The molecule has 5 rings (SSSR count). The van der Waals surface area contributed by atoms with E-state index in [1.54, 1.807) is 7.11 Å². The normalized spacial score (nSPS) is 32.0. The Morgan fingerprint density at radius 3 is 2.08 bits per heavy atom. The molecule has 0 radical (unpaired) electrons. The SMILES string of the molecule is CO[C@H]1CC[C@]2(C=C[C@H](C)[C@@H](C[C@@H]3CO3)O2)O[C@@H]1CO[Si](c1ccccc1)(c1ccccc1)C(C)(C)C. The Labute approximate surface area is 223 Å². The van der Waals surface area contributed by atoms with Crippen LogP contribution >= 0.6 is 0 Å². The van der Waals surface area contributed by atoms with Crippen molar-refractivity contribution >= 4 is 18.7 Å². The van der Waals surface area contributed by atoms with Crippen LogP contribution in [0.2, 0.25) is 5.04 Å². The fourth-order valence-electron chi connectivity index (χ4n) is 6.06. The number of epoxide rings is 1. The van der Waals surface area contributed by atoms with Gasteiger partial charge in [-0.25, -0.2) is 0 Å². The van der Waals surface area contributed by atoms with Crippen molar-refractivity contribution in [2.75, 3.05) is 20.3 Å². The molecule has 0 amide bonds. The number of hydrogen-bond donors (Lipinski definition) is 0. The van der Waals surface area contributed by atoms with Crippen LogP contribution in [0.5, 0.6) is 0 Å². The van der Waals surface area contributed by atoms with Crippen molar-refractivity contribution in [3.8, 4) is 0 Å². The van der Waals surface area contributed by atoms with Crippen molar-refractivity contribution in [3.05, 3.63) is 72.8 Å². The highest BCUT2D eigenvalue weighted by Crippen LogP contribution is 2.41. The highest BCUT2D eigenvalue weighted by atomic mass is 28.4. The number of hydrogen-bond acceptors (Lipinski definition) is 5. The van der Waals surface area contributed by atoms with Crippen LogP contribution in [-0.4, -0.2) is 58.8 Å². The summed E-state index contributed by atoms with van der Waals surface area (Å²) in [6.45, 7) is 10.4. The van der Waals surface area contributed by atoms with E-state index in [4.69, 9.17) is 23.4 Å². The average molecular weight is 523 g/mol. The zero-order chi connectivity index (χ0) is 26.1. The van der Waals surface area contributed by atoms with Crippen LogP contribution in [-0.2, 0) is 23.4 Å². The maximum atomic E-state index is 7.23. The van der Waals surface area contributed by atoms with E-state index in [2.05, 4.69) is 101 Å². The third-order valence-electron chi connectivity index (χ3n) is 8.22. The molecule has 2 aromatic rings. The molecule has 3 aliphatic rings. The van der Waals surface area contributed by atoms with E-state index in [1.807, 2.05) is 0 Å². The Morgan fingerprint density at radius 2 is 1.54 bits per heavy atom. The minimum atomic E-state index is -2.69. The van der Waals surface area contributed by atoms with Crippen LogP contribution in [0.15, 0.2) is 72.8 Å². The molecule has 6 atom stereocenters. The summed E-state index contributed by atoms with van der Waals surface area (Å²) in [6.07, 6.45) is 7.04. The molecular weight excluding hydrogens is 480 g/mol. The second-order valence-corrected chi connectivity index (χ2v) is 16.1. The Hall–Kier alpha value is -1.80. The van der Waals surface area contributed by atoms with Crippen molar-refractivity contribution in [3.63, 3.8) is 0 Å². The third-order valence-corrected chi connectivity index (χ3v) is 13.2. The van der Waals surface area contributed by atoms with Crippen molar-refractivity contribution in [2.45, 2.75) is 82.2 Å². The molecule has 2 aromatic carbocycles. The van der Waals surface area contributed by atoms with Gasteiger partial charge in [0.2, 0.25) is 0 Å². The van der Waals surface area contributed by atoms with Gasteiger partial charge in [0.15, 0.2) is 5.79 Å². The predicted molar refractivity (Wildman–Crippen MR) is 149 cm³/mol. The molecule has 3 heterocycles. The Balaban J connectivity index is 1.44. The Morgan fingerprint density at radius 1 is 0.946 bits per heavy atom. The molecule has 1 spiro atoms. The van der Waals surface area contributed by atoms with Gasteiger partial charge in [-0.15, -0.1) is 0 Å².